The summed E-state index contributed by atoms with van der Waals surface area (Å²) >= 11 is 2.31. The molecule has 2 N–H and O–H groups in total. The van der Waals surface area contributed by atoms with Gasteiger partial charge in [0.1, 0.15) is 11.4 Å². The normalized spacial score (nSPS) is 19.0. The smallest absolute Gasteiger partial charge is 0.543 e. The van der Waals surface area contributed by atoms with Crippen LogP contribution in [0.2, 0.25) is 0 Å². The number of H-pyrrole nitrogens is 1. The number of aromatic nitrogens is 2. The van der Waals surface area contributed by atoms with E-state index in [1.54, 1.807) is 24.3 Å². The van der Waals surface area contributed by atoms with Gasteiger partial charge >= 0.3 is 29.6 Å². The number of thioether (sulfide) groups is 2. The summed E-state index contributed by atoms with van der Waals surface area (Å²) < 4.78 is 0. The van der Waals surface area contributed by atoms with Gasteiger partial charge in [-0.05, 0) is 17.7 Å². The summed E-state index contributed by atoms with van der Waals surface area (Å²) in [7, 11) is 0. The number of amides is 2. The minimum absolute atomic E-state index is 0. The monoisotopic (exact) mass is 516 g/mol. The zero-order valence-electron chi connectivity index (χ0n) is 18.5. The van der Waals surface area contributed by atoms with Gasteiger partial charge in [-0.25, -0.2) is 4.98 Å². The molecule has 2 amide bonds. The minimum atomic E-state index is -1.50. The first-order chi connectivity index (χ1) is 16.4. The van der Waals surface area contributed by atoms with Gasteiger partial charge in [-0.1, -0.05) is 54.2 Å². The van der Waals surface area contributed by atoms with Crippen molar-refractivity contribution in [3.63, 3.8) is 0 Å². The number of para-hydroxylation sites is 1. The van der Waals surface area contributed by atoms with Gasteiger partial charge in [0.25, 0.3) is 11.5 Å². The quantitative estimate of drug-likeness (QED) is 0.211. The van der Waals surface area contributed by atoms with E-state index in [1.165, 1.54) is 11.8 Å². The van der Waals surface area contributed by atoms with E-state index in [2.05, 4.69) is 15.3 Å². The average Bonchev–Trinajstić information content (AvgIpc) is 2.83. The molecular weight excluding hydrogens is 499 g/mol. The fourth-order valence-corrected chi connectivity index (χ4v) is 6.33. The number of aliphatic carboxylic acids is 1. The molecule has 172 valence electrons. The van der Waals surface area contributed by atoms with Gasteiger partial charge in [-0.2, -0.15) is 0 Å². The maximum atomic E-state index is 12.8. The summed E-state index contributed by atoms with van der Waals surface area (Å²) in [5.74, 6) is -2.08. The second-order valence-corrected chi connectivity index (χ2v) is 9.86. The van der Waals surface area contributed by atoms with Crippen LogP contribution in [-0.4, -0.2) is 49.8 Å². The molecule has 35 heavy (non-hydrogen) atoms. The second-order valence-electron chi connectivity index (χ2n) is 7.67. The molecule has 2 atom stereocenters. The Morgan fingerprint density at radius 1 is 1.14 bits per heavy atom. The number of rotatable bonds is 6. The molecule has 5 rings (SSSR count). The minimum Gasteiger partial charge on any atom is -0.543 e. The predicted molar refractivity (Wildman–Crippen MR) is 125 cm³/mol. The molecule has 9 nitrogen and oxygen atoms in total. The van der Waals surface area contributed by atoms with Crippen LogP contribution >= 0.6 is 23.5 Å². The third-order valence-electron chi connectivity index (χ3n) is 5.46. The van der Waals surface area contributed by atoms with Crippen molar-refractivity contribution >= 4 is 52.2 Å². The fraction of sp³-hybridized carbons (Fsp3) is 0.174. The number of carboxylic acid groups (broad SMARTS) is 1. The Labute approximate surface area is 230 Å². The Hall–Kier alpha value is -2.57. The Morgan fingerprint density at radius 3 is 2.60 bits per heavy atom. The van der Waals surface area contributed by atoms with Crippen molar-refractivity contribution in [3.05, 3.63) is 81.1 Å². The van der Waals surface area contributed by atoms with Crippen LogP contribution in [0.4, 0.5) is 0 Å². The topological polar surface area (TPSA) is 135 Å². The number of hydrogen-bond donors (Lipinski definition) is 2. The van der Waals surface area contributed by atoms with E-state index in [0.717, 1.165) is 22.2 Å². The fourth-order valence-electron chi connectivity index (χ4n) is 3.89. The van der Waals surface area contributed by atoms with Crippen LogP contribution in [0.15, 0.2) is 75.2 Å². The van der Waals surface area contributed by atoms with E-state index in [4.69, 9.17) is 0 Å². The van der Waals surface area contributed by atoms with Crippen LogP contribution in [-0.2, 0) is 20.8 Å². The van der Waals surface area contributed by atoms with Gasteiger partial charge in [-0.3, -0.25) is 19.3 Å². The number of aromatic amines is 1. The summed E-state index contributed by atoms with van der Waals surface area (Å²) in [6.07, 6.45) is 0.118. The Bertz CT molecular complexity index is 1410. The summed E-state index contributed by atoms with van der Waals surface area (Å²) in [5, 5.41) is 14.8. The largest absolute Gasteiger partial charge is 1.00 e. The van der Waals surface area contributed by atoms with Crippen molar-refractivity contribution in [2.75, 3.05) is 5.75 Å². The van der Waals surface area contributed by atoms with E-state index in [0.29, 0.717) is 15.8 Å². The van der Waals surface area contributed by atoms with E-state index in [1.807, 2.05) is 30.3 Å². The predicted octanol–water partition coefficient (Wildman–Crippen LogP) is -2.38. The van der Waals surface area contributed by atoms with Gasteiger partial charge in [0, 0.05) is 10.7 Å². The molecule has 1 saturated heterocycles. The van der Waals surface area contributed by atoms with Gasteiger partial charge in [-0.15, -0.1) is 11.8 Å². The van der Waals surface area contributed by atoms with E-state index >= 15 is 0 Å². The number of carbonyl (C=O) groups excluding carboxylic acids is 3. The van der Waals surface area contributed by atoms with Crippen LogP contribution in [0.3, 0.4) is 0 Å². The number of hydrogen-bond acceptors (Lipinski definition) is 8. The first-order valence-electron chi connectivity index (χ1n) is 10.3. The van der Waals surface area contributed by atoms with Gasteiger partial charge in [0.2, 0.25) is 5.91 Å². The second kappa shape index (κ2) is 10.6. The van der Waals surface area contributed by atoms with Crippen LogP contribution < -0.4 is 45.5 Å². The number of nitrogens with one attached hydrogen (secondary N) is 2. The van der Waals surface area contributed by atoms with Crippen LogP contribution in [0, 0.1) is 0 Å². The Kier molecular flexibility index (Phi) is 7.72. The van der Waals surface area contributed by atoms with Gasteiger partial charge in [0.15, 0.2) is 5.16 Å². The maximum Gasteiger partial charge on any atom is 1.00 e. The molecule has 1 unspecified atom stereocenters. The number of carboxylic acids is 1. The number of benzene rings is 2. The first-order valence-corrected chi connectivity index (χ1v) is 12.2. The molecular formula is C23H17N4NaO5S2. The zero-order chi connectivity index (χ0) is 23.8. The van der Waals surface area contributed by atoms with E-state index < -0.39 is 23.3 Å². The molecule has 2 aromatic carbocycles. The summed E-state index contributed by atoms with van der Waals surface area (Å²) in [5.41, 5.74) is 0.687. The molecule has 3 aromatic rings. The SMILES string of the molecule is O=C(Cc1ccccc1)NC1C(=O)N2C(C(=O)[O-])=C(Sc3nc4ccccc4c(=O)[nH]3)CS[C@H]12.[Na+]. The van der Waals surface area contributed by atoms with Gasteiger partial charge < -0.3 is 20.2 Å². The van der Waals surface area contributed by atoms with E-state index in [-0.39, 0.29) is 64.1 Å². The molecule has 12 heteroatoms. The molecule has 0 bridgehead atoms. The van der Waals surface area contributed by atoms with Crippen molar-refractivity contribution in [3.8, 4) is 0 Å². The van der Waals surface area contributed by atoms with Crippen LogP contribution in [0.25, 0.3) is 10.9 Å². The average molecular weight is 517 g/mol. The number of fused-ring (bicyclic) bond motifs is 2. The third kappa shape index (κ3) is 5.05. The number of β-lactam (4-membered cyclic amide) rings is 1. The zero-order valence-corrected chi connectivity index (χ0v) is 22.2. The molecule has 0 saturated carbocycles. The molecule has 1 fully saturated rings. The standard InChI is InChI=1S/C23H18N4O5S2.Na/c28-16(10-12-6-2-1-3-7-12)25-17-20(30)27-18(22(31)32)15(11-33-21(17)27)34-23-24-14-9-5-4-8-13(14)19(29)26-23;/h1-9,17,21H,10-11H2,(H,25,28)(H,31,32)(H,24,26,29);/q;+1/p-1/t17?,21-;/m1./s1. The Balaban J connectivity index is 0.00000289. The summed E-state index contributed by atoms with van der Waals surface area (Å²) in [4.78, 5) is 58.1. The number of nitrogens with zero attached hydrogens (tertiary/aromatic N) is 2. The van der Waals surface area contributed by atoms with Gasteiger partial charge in [0.05, 0.1) is 29.0 Å². The molecule has 1 aromatic heterocycles. The van der Waals surface area contributed by atoms with Crippen molar-refractivity contribution in [1.29, 1.82) is 0 Å². The first kappa shape index (κ1) is 25.5. The summed E-state index contributed by atoms with van der Waals surface area (Å²) in [6, 6.07) is 15.1. The van der Waals surface area contributed by atoms with Crippen LogP contribution in [0.5, 0.6) is 0 Å². The molecule has 0 spiro atoms. The number of carbonyl (C=O) groups is 3. The Morgan fingerprint density at radius 2 is 1.86 bits per heavy atom. The molecule has 2 aliphatic rings. The van der Waals surface area contributed by atoms with Crippen molar-refractivity contribution in [1.82, 2.24) is 20.2 Å². The molecule has 3 heterocycles. The molecule has 0 radical (unpaired) electrons. The third-order valence-corrected chi connectivity index (χ3v) is 7.90. The summed E-state index contributed by atoms with van der Waals surface area (Å²) in [6.45, 7) is 0. The van der Waals surface area contributed by atoms with Crippen molar-refractivity contribution in [2.24, 2.45) is 0 Å². The van der Waals surface area contributed by atoms with E-state index in [9.17, 15) is 24.3 Å². The maximum absolute atomic E-state index is 12.8. The van der Waals surface area contributed by atoms with Crippen LogP contribution in [0.1, 0.15) is 5.56 Å². The molecule has 0 aliphatic carbocycles. The van der Waals surface area contributed by atoms with Crippen molar-refractivity contribution in [2.45, 2.75) is 23.0 Å². The molecule has 2 aliphatic heterocycles. The van der Waals surface area contributed by atoms with Crippen molar-refractivity contribution < 1.29 is 49.0 Å².